The van der Waals surface area contributed by atoms with Crippen LogP contribution in [0.3, 0.4) is 0 Å². The Morgan fingerprint density at radius 1 is 1.90 bits per heavy atom. The first-order valence-electron chi connectivity index (χ1n) is 2.84. The second-order valence-corrected chi connectivity index (χ2v) is 1.83. The van der Waals surface area contributed by atoms with Crippen molar-refractivity contribution in [3.8, 4) is 0 Å². The van der Waals surface area contributed by atoms with Gasteiger partial charge in [-0.05, 0) is 0 Å². The van der Waals surface area contributed by atoms with Crippen molar-refractivity contribution in [2.75, 3.05) is 0 Å². The third-order valence-corrected chi connectivity index (χ3v) is 0.991. The van der Waals surface area contributed by atoms with Gasteiger partial charge in [0.1, 0.15) is 6.33 Å². The Morgan fingerprint density at radius 2 is 2.70 bits per heavy atom. The van der Waals surface area contributed by atoms with Gasteiger partial charge < -0.3 is 5.32 Å². The molecule has 5 nitrogen and oxygen atoms in total. The molecule has 1 aromatic heterocycles. The van der Waals surface area contributed by atoms with Crippen molar-refractivity contribution < 1.29 is 4.79 Å². The summed E-state index contributed by atoms with van der Waals surface area (Å²) in [5, 5.41) is 6.39. The van der Waals surface area contributed by atoms with Crippen molar-refractivity contribution in [3.05, 3.63) is 12.2 Å². The third kappa shape index (κ3) is 1.54. The van der Waals surface area contributed by atoms with E-state index in [-0.39, 0.29) is 0 Å². The Labute approximate surface area is 58.1 Å². The summed E-state index contributed by atoms with van der Waals surface area (Å²) in [4.78, 5) is 13.7. The number of hydrogen-bond acceptors (Lipinski definition) is 3. The van der Waals surface area contributed by atoms with Gasteiger partial charge in [0.25, 0.3) is 0 Å². The predicted octanol–water partition coefficient (Wildman–Crippen LogP) is -0.939. The molecule has 1 N–H and O–H groups in total. The van der Waals surface area contributed by atoms with Gasteiger partial charge in [0, 0.05) is 7.05 Å². The number of carbonyl (C=O) groups is 1. The molecule has 0 saturated heterocycles. The SMILES string of the molecule is Cn1cnc(CNC=O)n1. The van der Waals surface area contributed by atoms with Gasteiger partial charge in [-0.25, -0.2) is 4.98 Å². The molecule has 0 aliphatic heterocycles. The van der Waals surface area contributed by atoms with E-state index in [0.29, 0.717) is 18.8 Å². The second-order valence-electron chi connectivity index (χ2n) is 1.83. The van der Waals surface area contributed by atoms with E-state index >= 15 is 0 Å². The molecule has 54 valence electrons. The first kappa shape index (κ1) is 6.73. The van der Waals surface area contributed by atoms with Crippen molar-refractivity contribution in [3.63, 3.8) is 0 Å². The van der Waals surface area contributed by atoms with Crippen molar-refractivity contribution >= 4 is 6.41 Å². The smallest absolute Gasteiger partial charge is 0.207 e. The van der Waals surface area contributed by atoms with Crippen LogP contribution in [-0.2, 0) is 18.4 Å². The van der Waals surface area contributed by atoms with Crippen LogP contribution in [0.25, 0.3) is 0 Å². The minimum atomic E-state index is 0.393. The zero-order chi connectivity index (χ0) is 7.40. The Morgan fingerprint density at radius 3 is 3.20 bits per heavy atom. The number of carbonyl (C=O) groups excluding carboxylic acids is 1. The number of nitrogens with zero attached hydrogens (tertiary/aromatic N) is 3. The maximum atomic E-state index is 9.81. The van der Waals surface area contributed by atoms with Gasteiger partial charge in [-0.1, -0.05) is 0 Å². The fourth-order valence-electron chi connectivity index (χ4n) is 0.598. The lowest BCUT2D eigenvalue weighted by molar-refractivity contribution is -0.109. The molecule has 0 unspecified atom stereocenters. The fraction of sp³-hybridized carbons (Fsp3) is 0.400. The first-order valence-corrected chi connectivity index (χ1v) is 2.84. The molecule has 0 spiro atoms. The van der Waals surface area contributed by atoms with Gasteiger partial charge in [0.05, 0.1) is 6.54 Å². The lowest BCUT2D eigenvalue weighted by atomic mass is 10.6. The average Bonchev–Trinajstić information content (AvgIpc) is 2.31. The molecule has 10 heavy (non-hydrogen) atoms. The summed E-state index contributed by atoms with van der Waals surface area (Å²) in [6, 6.07) is 0. The summed E-state index contributed by atoms with van der Waals surface area (Å²) in [7, 11) is 1.78. The maximum absolute atomic E-state index is 9.81. The number of aromatic nitrogens is 3. The summed E-state index contributed by atoms with van der Waals surface area (Å²) in [6.45, 7) is 0.393. The molecule has 5 heteroatoms. The largest absolute Gasteiger partial charge is 0.351 e. The molecule has 1 heterocycles. The molecule has 1 amide bonds. The monoisotopic (exact) mass is 140 g/mol. The van der Waals surface area contributed by atoms with E-state index in [1.807, 2.05) is 0 Å². The third-order valence-electron chi connectivity index (χ3n) is 0.991. The minimum Gasteiger partial charge on any atom is -0.351 e. The van der Waals surface area contributed by atoms with Gasteiger partial charge >= 0.3 is 0 Å². The summed E-state index contributed by atoms with van der Waals surface area (Å²) in [6.07, 6.45) is 2.21. The lowest BCUT2D eigenvalue weighted by Gasteiger charge is -1.89. The van der Waals surface area contributed by atoms with Gasteiger partial charge in [-0.15, -0.1) is 0 Å². The molecule has 0 bridgehead atoms. The van der Waals surface area contributed by atoms with Crippen LogP contribution in [0.2, 0.25) is 0 Å². The Hall–Kier alpha value is -1.39. The highest BCUT2D eigenvalue weighted by molar-refractivity contribution is 5.45. The molecular weight excluding hydrogens is 132 g/mol. The van der Waals surface area contributed by atoms with E-state index in [1.165, 1.54) is 0 Å². The number of nitrogens with one attached hydrogen (secondary N) is 1. The Balaban J connectivity index is 2.49. The predicted molar refractivity (Wildman–Crippen MR) is 33.9 cm³/mol. The van der Waals surface area contributed by atoms with E-state index in [2.05, 4.69) is 15.4 Å². The van der Waals surface area contributed by atoms with E-state index in [0.717, 1.165) is 0 Å². The van der Waals surface area contributed by atoms with Crippen LogP contribution in [0.4, 0.5) is 0 Å². The van der Waals surface area contributed by atoms with Crippen molar-refractivity contribution in [2.24, 2.45) is 7.05 Å². The molecule has 0 atom stereocenters. The van der Waals surface area contributed by atoms with Crippen LogP contribution < -0.4 is 5.32 Å². The summed E-state index contributed by atoms with van der Waals surface area (Å²) in [5.41, 5.74) is 0. The van der Waals surface area contributed by atoms with Gasteiger partial charge in [0.2, 0.25) is 6.41 Å². The van der Waals surface area contributed by atoms with E-state index in [9.17, 15) is 4.79 Å². The average molecular weight is 140 g/mol. The molecule has 0 aromatic carbocycles. The summed E-state index contributed by atoms with van der Waals surface area (Å²) in [5.74, 6) is 0.620. The van der Waals surface area contributed by atoms with Crippen LogP contribution >= 0.6 is 0 Å². The van der Waals surface area contributed by atoms with Crippen molar-refractivity contribution in [1.82, 2.24) is 20.1 Å². The Kier molecular flexibility index (Phi) is 1.99. The van der Waals surface area contributed by atoms with Crippen LogP contribution in [0, 0.1) is 0 Å². The zero-order valence-corrected chi connectivity index (χ0v) is 5.61. The second kappa shape index (κ2) is 2.95. The number of amides is 1. The van der Waals surface area contributed by atoms with Crippen LogP contribution in [-0.4, -0.2) is 21.2 Å². The topological polar surface area (TPSA) is 59.8 Å². The number of hydrogen-bond donors (Lipinski definition) is 1. The van der Waals surface area contributed by atoms with Crippen LogP contribution in [0.1, 0.15) is 5.82 Å². The molecule has 1 aromatic rings. The van der Waals surface area contributed by atoms with Crippen LogP contribution in [0.5, 0.6) is 0 Å². The summed E-state index contributed by atoms with van der Waals surface area (Å²) < 4.78 is 1.59. The molecular formula is C5H8N4O. The van der Waals surface area contributed by atoms with Crippen LogP contribution in [0.15, 0.2) is 6.33 Å². The van der Waals surface area contributed by atoms with Crippen molar-refractivity contribution in [1.29, 1.82) is 0 Å². The number of aryl methyl sites for hydroxylation is 1. The summed E-state index contributed by atoms with van der Waals surface area (Å²) >= 11 is 0. The number of rotatable bonds is 3. The van der Waals surface area contributed by atoms with E-state index in [1.54, 1.807) is 18.1 Å². The van der Waals surface area contributed by atoms with E-state index < -0.39 is 0 Å². The molecule has 0 aliphatic rings. The molecule has 0 radical (unpaired) electrons. The molecule has 0 aliphatic carbocycles. The lowest BCUT2D eigenvalue weighted by Crippen LogP contribution is -2.11. The van der Waals surface area contributed by atoms with Gasteiger partial charge in [0.15, 0.2) is 5.82 Å². The van der Waals surface area contributed by atoms with E-state index in [4.69, 9.17) is 0 Å². The first-order chi connectivity index (χ1) is 4.83. The highest BCUT2D eigenvalue weighted by atomic mass is 16.1. The molecule has 0 saturated carbocycles. The molecule has 0 fully saturated rings. The minimum absolute atomic E-state index is 0.393. The quantitative estimate of drug-likeness (QED) is 0.551. The van der Waals surface area contributed by atoms with Gasteiger partial charge in [-0.3, -0.25) is 9.48 Å². The molecule has 1 rings (SSSR count). The standard InChI is InChI=1S/C5H8N4O/c1-9-3-7-5(8-9)2-6-4-10/h3-4H,2H2,1H3,(H,6,10). The van der Waals surface area contributed by atoms with Crippen molar-refractivity contribution in [2.45, 2.75) is 6.54 Å². The zero-order valence-electron chi connectivity index (χ0n) is 5.61. The highest BCUT2D eigenvalue weighted by Gasteiger charge is 1.94. The highest BCUT2D eigenvalue weighted by Crippen LogP contribution is 1.84. The maximum Gasteiger partial charge on any atom is 0.207 e. The normalized spacial score (nSPS) is 9.30. The fourth-order valence-corrected chi connectivity index (χ4v) is 0.598. The Bertz CT molecular complexity index is 219. The van der Waals surface area contributed by atoms with Gasteiger partial charge in [-0.2, -0.15) is 5.10 Å².